The molecule has 0 saturated carbocycles. The van der Waals surface area contributed by atoms with E-state index in [1.807, 2.05) is 65.7 Å². The molecule has 6 nitrogen and oxygen atoms in total. The number of hydrogen-bond donors (Lipinski definition) is 1. The van der Waals surface area contributed by atoms with E-state index in [1.165, 1.54) is 0 Å². The van der Waals surface area contributed by atoms with Crippen molar-refractivity contribution in [3.8, 4) is 23.0 Å². The summed E-state index contributed by atoms with van der Waals surface area (Å²) in [5.41, 5.74) is 3.55. The first kappa shape index (κ1) is 18.4. The average Bonchev–Trinajstić information content (AvgIpc) is 3.24. The number of para-hydroxylation sites is 2. The van der Waals surface area contributed by atoms with E-state index in [-0.39, 0.29) is 11.8 Å². The maximum Gasteiger partial charge on any atom is 0.214 e. The largest absolute Gasteiger partial charge is 0.507 e. The van der Waals surface area contributed by atoms with Gasteiger partial charge in [-0.2, -0.15) is 5.10 Å². The van der Waals surface area contributed by atoms with Crippen LogP contribution < -0.4 is 14.2 Å². The standard InChI is InChI=1S/C24H22N2O4/c1-28-16-12-10-15(11-13-16)24-26-20(18-7-5-9-22(29-2)23(18)30-24)14-19(25-26)17-6-3-4-8-21(17)27/h3-13,20,24,27H,14H2,1-2H3/t20-,24+/m0/s1. The first-order valence-corrected chi connectivity index (χ1v) is 9.81. The van der Waals surface area contributed by atoms with E-state index in [4.69, 9.17) is 19.3 Å². The van der Waals surface area contributed by atoms with Crippen molar-refractivity contribution < 1.29 is 19.3 Å². The number of ether oxygens (including phenoxy) is 3. The van der Waals surface area contributed by atoms with Crippen LogP contribution in [0, 0.1) is 0 Å². The van der Waals surface area contributed by atoms with Crippen LogP contribution in [-0.2, 0) is 0 Å². The monoisotopic (exact) mass is 402 g/mol. The van der Waals surface area contributed by atoms with Crippen molar-refractivity contribution in [2.45, 2.75) is 18.7 Å². The molecule has 0 aromatic heterocycles. The number of rotatable bonds is 4. The molecule has 5 rings (SSSR count). The molecular weight excluding hydrogens is 380 g/mol. The first-order valence-electron chi connectivity index (χ1n) is 9.81. The summed E-state index contributed by atoms with van der Waals surface area (Å²) >= 11 is 0. The van der Waals surface area contributed by atoms with Crippen LogP contribution in [0.2, 0.25) is 0 Å². The molecule has 0 radical (unpaired) electrons. The Morgan fingerprint density at radius 3 is 2.50 bits per heavy atom. The Labute approximate surface area is 174 Å². The lowest BCUT2D eigenvalue weighted by molar-refractivity contribution is -0.0209. The summed E-state index contributed by atoms with van der Waals surface area (Å²) in [6, 6.07) is 21.0. The van der Waals surface area contributed by atoms with Crippen LogP contribution in [0.15, 0.2) is 71.8 Å². The number of phenols is 1. The van der Waals surface area contributed by atoms with Gasteiger partial charge in [-0.3, -0.25) is 0 Å². The van der Waals surface area contributed by atoms with Crippen molar-refractivity contribution in [3.63, 3.8) is 0 Å². The molecule has 0 saturated heterocycles. The fourth-order valence-electron chi connectivity index (χ4n) is 4.11. The van der Waals surface area contributed by atoms with Crippen LogP contribution in [-0.4, -0.2) is 30.0 Å². The Balaban J connectivity index is 1.62. The summed E-state index contributed by atoms with van der Waals surface area (Å²) in [6.07, 6.45) is 0.237. The molecule has 2 heterocycles. The van der Waals surface area contributed by atoms with Gasteiger partial charge in [0.1, 0.15) is 11.5 Å². The summed E-state index contributed by atoms with van der Waals surface area (Å²) in [5.74, 6) is 2.44. The minimum Gasteiger partial charge on any atom is -0.507 e. The van der Waals surface area contributed by atoms with Crippen molar-refractivity contribution in [1.29, 1.82) is 0 Å². The summed E-state index contributed by atoms with van der Waals surface area (Å²) in [6.45, 7) is 0. The van der Waals surface area contributed by atoms with Crippen LogP contribution in [0.5, 0.6) is 23.0 Å². The molecule has 152 valence electrons. The van der Waals surface area contributed by atoms with Crippen molar-refractivity contribution in [2.24, 2.45) is 5.10 Å². The van der Waals surface area contributed by atoms with E-state index in [1.54, 1.807) is 20.3 Å². The lowest BCUT2D eigenvalue weighted by atomic mass is 9.95. The van der Waals surface area contributed by atoms with E-state index in [2.05, 4.69) is 0 Å². The van der Waals surface area contributed by atoms with Gasteiger partial charge in [0.05, 0.1) is 26.0 Å². The fraction of sp³-hybridized carbons (Fsp3) is 0.208. The molecule has 2 aliphatic rings. The molecule has 0 bridgehead atoms. The predicted molar refractivity (Wildman–Crippen MR) is 113 cm³/mol. The molecule has 0 spiro atoms. The second-order valence-corrected chi connectivity index (χ2v) is 7.29. The van der Waals surface area contributed by atoms with Gasteiger partial charge in [-0.1, -0.05) is 24.3 Å². The molecule has 2 atom stereocenters. The number of aromatic hydroxyl groups is 1. The SMILES string of the molecule is COc1ccc([C@H]2Oc3c(OC)cccc3[C@@H]3CC(c4ccccc4O)=NN23)cc1. The van der Waals surface area contributed by atoms with E-state index < -0.39 is 6.23 Å². The topological polar surface area (TPSA) is 63.5 Å². The van der Waals surface area contributed by atoms with Crippen molar-refractivity contribution >= 4 is 5.71 Å². The van der Waals surface area contributed by atoms with Gasteiger partial charge in [-0.05, 0) is 42.5 Å². The highest BCUT2D eigenvalue weighted by atomic mass is 16.5. The highest BCUT2D eigenvalue weighted by Crippen LogP contribution is 2.51. The molecule has 3 aromatic carbocycles. The zero-order valence-corrected chi connectivity index (χ0v) is 16.8. The number of methoxy groups -OCH3 is 2. The van der Waals surface area contributed by atoms with Crippen LogP contribution in [0.3, 0.4) is 0 Å². The third-order valence-corrected chi connectivity index (χ3v) is 5.62. The second kappa shape index (κ2) is 7.30. The molecular formula is C24H22N2O4. The molecule has 0 unspecified atom stereocenters. The highest BCUT2D eigenvalue weighted by Gasteiger charge is 2.42. The van der Waals surface area contributed by atoms with Crippen molar-refractivity contribution in [3.05, 3.63) is 83.4 Å². The number of fused-ring (bicyclic) bond motifs is 3. The van der Waals surface area contributed by atoms with Gasteiger partial charge in [0.2, 0.25) is 6.23 Å². The zero-order valence-electron chi connectivity index (χ0n) is 16.8. The fourth-order valence-corrected chi connectivity index (χ4v) is 4.11. The minimum absolute atomic E-state index is 0.0226. The molecule has 3 aromatic rings. The summed E-state index contributed by atoms with van der Waals surface area (Å²) in [7, 11) is 3.29. The third-order valence-electron chi connectivity index (χ3n) is 5.62. The summed E-state index contributed by atoms with van der Waals surface area (Å²) in [4.78, 5) is 0. The molecule has 6 heteroatoms. The molecule has 0 amide bonds. The van der Waals surface area contributed by atoms with Crippen LogP contribution in [0.4, 0.5) is 0 Å². The predicted octanol–water partition coefficient (Wildman–Crippen LogP) is 4.65. The summed E-state index contributed by atoms with van der Waals surface area (Å²) < 4.78 is 17.3. The minimum atomic E-state index is -0.423. The van der Waals surface area contributed by atoms with Crippen LogP contribution >= 0.6 is 0 Å². The number of hydrogen-bond acceptors (Lipinski definition) is 6. The smallest absolute Gasteiger partial charge is 0.214 e. The third kappa shape index (κ3) is 2.92. The average molecular weight is 402 g/mol. The van der Waals surface area contributed by atoms with E-state index >= 15 is 0 Å². The molecule has 0 fully saturated rings. The molecule has 1 N–H and O–H groups in total. The summed E-state index contributed by atoms with van der Waals surface area (Å²) in [5, 5.41) is 17.2. The van der Waals surface area contributed by atoms with Gasteiger partial charge in [0.25, 0.3) is 0 Å². The molecule has 0 aliphatic carbocycles. The second-order valence-electron chi connectivity index (χ2n) is 7.29. The lowest BCUT2D eigenvalue weighted by Gasteiger charge is -2.38. The van der Waals surface area contributed by atoms with E-state index in [9.17, 15) is 5.11 Å². The maximum atomic E-state index is 10.4. The number of nitrogens with zero attached hydrogens (tertiary/aromatic N) is 2. The first-order chi connectivity index (χ1) is 14.7. The Kier molecular flexibility index (Phi) is 4.47. The quantitative estimate of drug-likeness (QED) is 0.688. The van der Waals surface area contributed by atoms with Gasteiger partial charge >= 0.3 is 0 Å². The Morgan fingerprint density at radius 2 is 1.77 bits per heavy atom. The maximum absolute atomic E-state index is 10.4. The van der Waals surface area contributed by atoms with Gasteiger partial charge in [-0.15, -0.1) is 0 Å². The number of benzene rings is 3. The lowest BCUT2D eigenvalue weighted by Crippen LogP contribution is -2.33. The van der Waals surface area contributed by atoms with Gasteiger partial charge in [0.15, 0.2) is 11.5 Å². The molecule has 2 aliphatic heterocycles. The van der Waals surface area contributed by atoms with Gasteiger partial charge in [0, 0.05) is 23.1 Å². The Bertz CT molecular complexity index is 1110. The van der Waals surface area contributed by atoms with Crippen molar-refractivity contribution in [1.82, 2.24) is 5.01 Å². The normalized spacial score (nSPS) is 19.4. The Morgan fingerprint density at radius 1 is 0.967 bits per heavy atom. The zero-order chi connectivity index (χ0) is 20.7. The van der Waals surface area contributed by atoms with E-state index in [0.29, 0.717) is 12.2 Å². The van der Waals surface area contributed by atoms with Crippen LogP contribution in [0.25, 0.3) is 0 Å². The van der Waals surface area contributed by atoms with E-state index in [0.717, 1.165) is 33.9 Å². The Hall–Kier alpha value is -3.67. The highest BCUT2D eigenvalue weighted by molar-refractivity contribution is 6.04. The molecule has 30 heavy (non-hydrogen) atoms. The van der Waals surface area contributed by atoms with Gasteiger partial charge < -0.3 is 19.3 Å². The van der Waals surface area contributed by atoms with Gasteiger partial charge in [-0.25, -0.2) is 5.01 Å². The van der Waals surface area contributed by atoms with Crippen LogP contribution in [0.1, 0.15) is 35.4 Å². The number of phenolic OH excluding ortho intramolecular Hbond substituents is 1. The van der Waals surface area contributed by atoms with Crippen molar-refractivity contribution in [2.75, 3.05) is 14.2 Å². The number of hydrazone groups is 1.